The van der Waals surface area contributed by atoms with Crippen molar-refractivity contribution >= 4 is 0 Å². The zero-order valence-corrected chi connectivity index (χ0v) is 17.6. The van der Waals surface area contributed by atoms with E-state index in [2.05, 4.69) is 4.90 Å². The molecule has 0 saturated carbocycles. The monoisotopic (exact) mass is 360 g/mol. The lowest BCUT2D eigenvalue weighted by atomic mass is 9.97. The fraction of sp³-hybridized carbons (Fsp3) is 0.476. The summed E-state index contributed by atoms with van der Waals surface area (Å²) in [7, 11) is 9.11. The average molecular weight is 360 g/mol. The van der Waals surface area contributed by atoms with Crippen molar-refractivity contribution in [3.63, 3.8) is 0 Å². The van der Waals surface area contributed by atoms with Gasteiger partial charge in [-0.1, -0.05) is 13.8 Å². The third-order valence-electron chi connectivity index (χ3n) is 4.32. The summed E-state index contributed by atoms with van der Waals surface area (Å²) in [6, 6.07) is 4.02. The molecule has 2 rings (SSSR count). The number of ether oxygens (including phenoxy) is 2. The Morgan fingerprint density at radius 3 is 1.92 bits per heavy atom. The lowest BCUT2D eigenvalue weighted by Gasteiger charge is -2.19. The molecule has 5 heteroatoms. The van der Waals surface area contributed by atoms with E-state index in [1.807, 2.05) is 60.1 Å². The molecule has 0 amide bonds. The van der Waals surface area contributed by atoms with Gasteiger partial charge in [-0.15, -0.1) is 0 Å². The van der Waals surface area contributed by atoms with E-state index in [1.165, 1.54) is 0 Å². The number of hydrogen-bond donors (Lipinski definition) is 0. The van der Waals surface area contributed by atoms with Crippen LogP contribution in [0.15, 0.2) is 23.1 Å². The fourth-order valence-electron chi connectivity index (χ4n) is 2.88. The SMILES string of the molecule is CC.COc1cc(-c2cn(C)c(=O)c(C)c2C)cc(OC)c1CN(C)C. The normalized spacial score (nSPS) is 10.4. The van der Waals surface area contributed by atoms with Crippen LogP contribution in [-0.4, -0.2) is 37.8 Å². The molecule has 0 fully saturated rings. The third-order valence-corrected chi connectivity index (χ3v) is 4.32. The van der Waals surface area contributed by atoms with Gasteiger partial charge in [-0.2, -0.15) is 0 Å². The minimum Gasteiger partial charge on any atom is -0.496 e. The van der Waals surface area contributed by atoms with Crippen LogP contribution in [0.2, 0.25) is 0 Å². The Morgan fingerprint density at radius 1 is 1.00 bits per heavy atom. The van der Waals surface area contributed by atoms with E-state index in [4.69, 9.17) is 9.47 Å². The van der Waals surface area contributed by atoms with Crippen LogP contribution in [0.25, 0.3) is 11.1 Å². The molecule has 2 aromatic rings. The van der Waals surface area contributed by atoms with Gasteiger partial charge in [-0.05, 0) is 51.2 Å². The van der Waals surface area contributed by atoms with E-state index >= 15 is 0 Å². The highest BCUT2D eigenvalue weighted by Gasteiger charge is 2.17. The molecule has 0 spiro atoms. The second-order valence-corrected chi connectivity index (χ2v) is 6.31. The average Bonchev–Trinajstić information content (AvgIpc) is 2.64. The first kappa shape index (κ1) is 21.8. The third kappa shape index (κ3) is 4.47. The molecule has 1 heterocycles. The molecule has 1 aromatic carbocycles. The summed E-state index contributed by atoms with van der Waals surface area (Å²) in [5.74, 6) is 1.56. The molecule has 0 unspecified atom stereocenters. The smallest absolute Gasteiger partial charge is 0.253 e. The molecule has 1 aromatic heterocycles. The van der Waals surface area contributed by atoms with Crippen molar-refractivity contribution in [2.24, 2.45) is 7.05 Å². The van der Waals surface area contributed by atoms with E-state index in [-0.39, 0.29) is 5.56 Å². The zero-order valence-electron chi connectivity index (χ0n) is 17.6. The summed E-state index contributed by atoms with van der Waals surface area (Å²) in [6.07, 6.45) is 1.87. The molecule has 5 nitrogen and oxygen atoms in total. The number of aromatic nitrogens is 1. The minimum atomic E-state index is 0.0272. The van der Waals surface area contributed by atoms with Crippen LogP contribution in [0.5, 0.6) is 11.5 Å². The number of hydrogen-bond acceptors (Lipinski definition) is 4. The quantitative estimate of drug-likeness (QED) is 0.814. The Morgan fingerprint density at radius 2 is 1.50 bits per heavy atom. The largest absolute Gasteiger partial charge is 0.496 e. The zero-order chi connectivity index (χ0) is 20.0. The first-order valence-electron chi connectivity index (χ1n) is 8.87. The Hall–Kier alpha value is -2.27. The van der Waals surface area contributed by atoms with Crippen LogP contribution >= 0.6 is 0 Å². The lowest BCUT2D eigenvalue weighted by Crippen LogP contribution is -2.20. The number of rotatable bonds is 5. The molecular weight excluding hydrogens is 328 g/mol. The second-order valence-electron chi connectivity index (χ2n) is 6.31. The van der Waals surface area contributed by atoms with Crippen molar-refractivity contribution in [3.8, 4) is 22.6 Å². The number of nitrogens with zero attached hydrogens (tertiary/aromatic N) is 2. The lowest BCUT2D eigenvalue weighted by molar-refractivity contribution is 0.349. The second kappa shape index (κ2) is 9.43. The maximum absolute atomic E-state index is 12.1. The van der Waals surface area contributed by atoms with Crippen molar-refractivity contribution in [2.75, 3.05) is 28.3 Å². The first-order chi connectivity index (χ1) is 12.3. The summed E-state index contributed by atoms with van der Waals surface area (Å²) < 4.78 is 12.8. The van der Waals surface area contributed by atoms with E-state index in [9.17, 15) is 4.79 Å². The maximum Gasteiger partial charge on any atom is 0.253 e. The topological polar surface area (TPSA) is 43.7 Å². The van der Waals surface area contributed by atoms with Crippen LogP contribution in [0.3, 0.4) is 0 Å². The summed E-state index contributed by atoms with van der Waals surface area (Å²) in [4.78, 5) is 14.2. The number of methoxy groups -OCH3 is 2. The molecule has 0 aliphatic heterocycles. The van der Waals surface area contributed by atoms with Crippen molar-refractivity contribution in [2.45, 2.75) is 34.2 Å². The molecule has 0 atom stereocenters. The summed E-state index contributed by atoms with van der Waals surface area (Å²) >= 11 is 0. The van der Waals surface area contributed by atoms with Crippen molar-refractivity contribution in [3.05, 3.63) is 45.4 Å². The van der Waals surface area contributed by atoms with E-state index in [0.717, 1.165) is 45.9 Å². The van der Waals surface area contributed by atoms with Gasteiger partial charge in [-0.3, -0.25) is 4.79 Å². The van der Waals surface area contributed by atoms with E-state index in [1.54, 1.807) is 25.8 Å². The van der Waals surface area contributed by atoms with Crippen LogP contribution in [0.1, 0.15) is 30.5 Å². The maximum atomic E-state index is 12.1. The Kier molecular flexibility index (Phi) is 7.90. The van der Waals surface area contributed by atoms with Crippen molar-refractivity contribution < 1.29 is 9.47 Å². The van der Waals surface area contributed by atoms with E-state index in [0.29, 0.717) is 0 Å². The van der Waals surface area contributed by atoms with Crippen LogP contribution < -0.4 is 15.0 Å². The summed E-state index contributed by atoms with van der Waals surface area (Å²) in [5.41, 5.74) is 4.74. The number of benzene rings is 1. The number of aryl methyl sites for hydroxylation is 1. The van der Waals surface area contributed by atoms with Gasteiger partial charge in [0.05, 0.1) is 19.8 Å². The Labute approximate surface area is 157 Å². The summed E-state index contributed by atoms with van der Waals surface area (Å²) in [6.45, 7) is 8.55. The van der Waals surface area contributed by atoms with Gasteiger partial charge in [-0.25, -0.2) is 0 Å². The van der Waals surface area contributed by atoms with Gasteiger partial charge in [0.1, 0.15) is 11.5 Å². The van der Waals surface area contributed by atoms with Gasteiger partial charge < -0.3 is 18.9 Å². The highest BCUT2D eigenvalue weighted by Crippen LogP contribution is 2.36. The molecular formula is C21H32N2O3. The Balaban J connectivity index is 0.00000163. The highest BCUT2D eigenvalue weighted by atomic mass is 16.5. The van der Waals surface area contributed by atoms with Crippen LogP contribution in [0, 0.1) is 13.8 Å². The first-order valence-corrected chi connectivity index (χ1v) is 8.87. The molecule has 0 N–H and O–H groups in total. The molecule has 0 saturated heterocycles. The molecule has 26 heavy (non-hydrogen) atoms. The van der Waals surface area contributed by atoms with E-state index < -0.39 is 0 Å². The molecule has 0 bridgehead atoms. The fourth-order valence-corrected chi connectivity index (χ4v) is 2.88. The van der Waals surface area contributed by atoms with Gasteiger partial charge in [0.2, 0.25) is 0 Å². The number of pyridine rings is 1. The summed E-state index contributed by atoms with van der Waals surface area (Å²) in [5, 5.41) is 0. The van der Waals surface area contributed by atoms with Gasteiger partial charge in [0.25, 0.3) is 5.56 Å². The van der Waals surface area contributed by atoms with Gasteiger partial charge in [0.15, 0.2) is 0 Å². The minimum absolute atomic E-state index is 0.0272. The molecule has 144 valence electrons. The highest BCUT2D eigenvalue weighted by molar-refractivity contribution is 5.72. The predicted octanol–water partition coefficient (Wildman–Crippen LogP) is 3.77. The van der Waals surface area contributed by atoms with Crippen LogP contribution in [0.4, 0.5) is 0 Å². The van der Waals surface area contributed by atoms with Crippen molar-refractivity contribution in [1.29, 1.82) is 0 Å². The van der Waals surface area contributed by atoms with Gasteiger partial charge in [0, 0.05) is 30.9 Å². The Bertz CT molecular complexity index is 783. The van der Waals surface area contributed by atoms with Gasteiger partial charge >= 0.3 is 0 Å². The molecule has 0 aliphatic carbocycles. The predicted molar refractivity (Wildman–Crippen MR) is 108 cm³/mol. The molecule has 0 aliphatic rings. The van der Waals surface area contributed by atoms with Crippen LogP contribution in [-0.2, 0) is 13.6 Å². The van der Waals surface area contributed by atoms with Crippen molar-refractivity contribution in [1.82, 2.24) is 9.47 Å². The molecule has 0 radical (unpaired) electrons. The standard InChI is InChI=1S/C19H26N2O3.C2H6/c1-12-13(2)19(22)21(5)11-15(12)14-8-17(23-6)16(10-20(3)4)18(9-14)24-7;1-2/h8-9,11H,10H2,1-7H3;1-2H3.